The molecule has 3 rings (SSSR count). The van der Waals surface area contributed by atoms with Crippen molar-refractivity contribution in [1.29, 1.82) is 0 Å². The summed E-state index contributed by atoms with van der Waals surface area (Å²) in [5, 5.41) is 3.86. The zero-order chi connectivity index (χ0) is 29.4. The standard InChI is InChI=1S/C29H32Cl3N3O4S/c1-4-5-16-33-29(37)21(3)34(18-22-14-15-25(31)26(32)17-22)28(36)19-35(27-13-9-12-24(30)20(27)2)40(38,39)23-10-7-6-8-11-23/h6-15,17,21H,4-5,16,18-19H2,1-3H3,(H,33,37). The van der Waals surface area contributed by atoms with Crippen LogP contribution >= 0.6 is 34.8 Å². The van der Waals surface area contributed by atoms with Crippen LogP contribution < -0.4 is 9.62 Å². The van der Waals surface area contributed by atoms with E-state index in [1.807, 2.05) is 6.92 Å². The van der Waals surface area contributed by atoms with Crippen LogP contribution in [-0.4, -0.2) is 44.3 Å². The molecule has 0 aromatic heterocycles. The summed E-state index contributed by atoms with van der Waals surface area (Å²) in [6, 6.07) is 16.7. The van der Waals surface area contributed by atoms with Crippen molar-refractivity contribution >= 4 is 62.3 Å². The number of benzene rings is 3. The minimum atomic E-state index is -4.18. The highest BCUT2D eigenvalue weighted by Crippen LogP contribution is 2.31. The van der Waals surface area contributed by atoms with Crippen LogP contribution in [0.25, 0.3) is 0 Å². The summed E-state index contributed by atoms with van der Waals surface area (Å²) in [5.41, 5.74) is 1.39. The third kappa shape index (κ3) is 7.69. The molecule has 7 nitrogen and oxygen atoms in total. The Morgan fingerprint density at radius 1 is 0.925 bits per heavy atom. The van der Waals surface area contributed by atoms with Crippen LogP contribution in [0.3, 0.4) is 0 Å². The molecule has 214 valence electrons. The molecule has 40 heavy (non-hydrogen) atoms. The van der Waals surface area contributed by atoms with Gasteiger partial charge in [0.25, 0.3) is 10.0 Å². The highest BCUT2D eigenvalue weighted by molar-refractivity contribution is 7.92. The molecule has 0 radical (unpaired) electrons. The fourth-order valence-electron chi connectivity index (χ4n) is 4.05. The lowest BCUT2D eigenvalue weighted by atomic mass is 10.1. The smallest absolute Gasteiger partial charge is 0.264 e. The fourth-order valence-corrected chi connectivity index (χ4v) is 6.04. The minimum absolute atomic E-state index is 0.00579. The molecule has 0 saturated heterocycles. The quantitative estimate of drug-likeness (QED) is 0.234. The van der Waals surface area contributed by atoms with E-state index in [2.05, 4.69) is 5.32 Å². The van der Waals surface area contributed by atoms with Crippen molar-refractivity contribution in [2.24, 2.45) is 0 Å². The topological polar surface area (TPSA) is 86.8 Å². The molecular formula is C29H32Cl3N3O4S. The van der Waals surface area contributed by atoms with E-state index in [4.69, 9.17) is 34.8 Å². The lowest BCUT2D eigenvalue weighted by molar-refractivity contribution is -0.139. The molecule has 1 unspecified atom stereocenters. The van der Waals surface area contributed by atoms with E-state index < -0.39 is 28.5 Å². The minimum Gasteiger partial charge on any atom is -0.354 e. The second-order valence-corrected chi connectivity index (χ2v) is 12.4. The predicted octanol–water partition coefficient (Wildman–Crippen LogP) is 6.48. The van der Waals surface area contributed by atoms with Crippen LogP contribution in [0, 0.1) is 6.92 Å². The van der Waals surface area contributed by atoms with Crippen LogP contribution in [0.2, 0.25) is 15.1 Å². The van der Waals surface area contributed by atoms with Gasteiger partial charge in [0.05, 0.1) is 20.6 Å². The third-order valence-electron chi connectivity index (χ3n) is 6.45. The number of carbonyl (C=O) groups excluding carboxylic acids is 2. The Morgan fingerprint density at radius 3 is 2.27 bits per heavy atom. The van der Waals surface area contributed by atoms with Gasteiger partial charge in [-0.3, -0.25) is 13.9 Å². The molecule has 0 fully saturated rings. The van der Waals surface area contributed by atoms with Crippen molar-refractivity contribution < 1.29 is 18.0 Å². The molecule has 0 bridgehead atoms. The van der Waals surface area contributed by atoms with Gasteiger partial charge in [0.1, 0.15) is 12.6 Å². The molecule has 0 aliphatic carbocycles. The number of nitrogens with one attached hydrogen (secondary N) is 1. The number of anilines is 1. The summed E-state index contributed by atoms with van der Waals surface area (Å²) in [4.78, 5) is 28.4. The van der Waals surface area contributed by atoms with Gasteiger partial charge >= 0.3 is 0 Å². The van der Waals surface area contributed by atoms with Crippen molar-refractivity contribution in [2.45, 2.75) is 51.1 Å². The second kappa shape index (κ2) is 14.2. The number of hydrogen-bond acceptors (Lipinski definition) is 4. The van der Waals surface area contributed by atoms with E-state index in [0.29, 0.717) is 32.7 Å². The monoisotopic (exact) mass is 623 g/mol. The van der Waals surface area contributed by atoms with Gasteiger partial charge in [-0.15, -0.1) is 0 Å². The number of rotatable bonds is 12. The molecule has 1 atom stereocenters. The lowest BCUT2D eigenvalue weighted by Gasteiger charge is -2.32. The molecule has 0 heterocycles. The average Bonchev–Trinajstić information content (AvgIpc) is 2.94. The van der Waals surface area contributed by atoms with E-state index >= 15 is 0 Å². The van der Waals surface area contributed by atoms with Gasteiger partial charge in [-0.2, -0.15) is 0 Å². The van der Waals surface area contributed by atoms with Crippen molar-refractivity contribution in [3.05, 3.63) is 92.9 Å². The summed E-state index contributed by atoms with van der Waals surface area (Å²) in [7, 11) is -4.18. The van der Waals surface area contributed by atoms with Crippen LogP contribution in [0.4, 0.5) is 5.69 Å². The van der Waals surface area contributed by atoms with Crippen molar-refractivity contribution in [3.63, 3.8) is 0 Å². The number of amides is 2. The van der Waals surface area contributed by atoms with E-state index in [1.165, 1.54) is 17.0 Å². The number of halogens is 3. The Hall–Kier alpha value is -2.78. The summed E-state index contributed by atoms with van der Waals surface area (Å²) in [5.74, 6) is -0.929. The SMILES string of the molecule is CCCCNC(=O)C(C)N(Cc1ccc(Cl)c(Cl)c1)C(=O)CN(c1cccc(Cl)c1C)S(=O)(=O)c1ccccc1. The summed E-state index contributed by atoms with van der Waals surface area (Å²) >= 11 is 18.6. The molecule has 2 amide bonds. The van der Waals surface area contributed by atoms with Gasteiger partial charge in [0.2, 0.25) is 11.8 Å². The van der Waals surface area contributed by atoms with Crippen molar-refractivity contribution in [2.75, 3.05) is 17.4 Å². The number of sulfonamides is 1. The Kier molecular flexibility index (Phi) is 11.3. The summed E-state index contributed by atoms with van der Waals surface area (Å²) in [6.07, 6.45) is 1.68. The van der Waals surface area contributed by atoms with Crippen LogP contribution in [0.5, 0.6) is 0 Å². The first kappa shape index (κ1) is 31.7. The fraction of sp³-hybridized carbons (Fsp3) is 0.310. The average molecular weight is 625 g/mol. The first-order valence-corrected chi connectivity index (χ1v) is 15.4. The predicted molar refractivity (Wildman–Crippen MR) is 162 cm³/mol. The largest absolute Gasteiger partial charge is 0.354 e. The molecular weight excluding hydrogens is 593 g/mol. The second-order valence-electron chi connectivity index (χ2n) is 9.30. The lowest BCUT2D eigenvalue weighted by Crippen LogP contribution is -2.51. The molecule has 0 aliphatic rings. The van der Waals surface area contributed by atoms with Gasteiger partial charge in [-0.1, -0.05) is 78.5 Å². The molecule has 0 saturated carbocycles. The number of hydrogen-bond donors (Lipinski definition) is 1. The third-order valence-corrected chi connectivity index (χ3v) is 9.37. The number of unbranched alkanes of at least 4 members (excludes halogenated alkanes) is 1. The highest BCUT2D eigenvalue weighted by atomic mass is 35.5. The Balaban J connectivity index is 2.04. The molecule has 1 N–H and O–H groups in total. The molecule has 0 aliphatic heterocycles. The van der Waals surface area contributed by atoms with Gasteiger partial charge in [-0.05, 0) is 67.8 Å². The van der Waals surface area contributed by atoms with E-state index in [1.54, 1.807) is 68.4 Å². The number of nitrogens with zero attached hydrogens (tertiary/aromatic N) is 2. The summed E-state index contributed by atoms with van der Waals surface area (Å²) < 4.78 is 28.8. The van der Waals surface area contributed by atoms with Crippen molar-refractivity contribution in [1.82, 2.24) is 10.2 Å². The molecule has 3 aromatic carbocycles. The molecule has 0 spiro atoms. The maximum atomic E-state index is 14.0. The van der Waals surface area contributed by atoms with Gasteiger partial charge in [0, 0.05) is 18.1 Å². The normalized spacial score (nSPS) is 12.1. The van der Waals surface area contributed by atoms with Gasteiger partial charge in [-0.25, -0.2) is 8.42 Å². The maximum Gasteiger partial charge on any atom is 0.264 e. The van der Waals surface area contributed by atoms with Crippen LogP contribution in [-0.2, 0) is 26.2 Å². The highest BCUT2D eigenvalue weighted by Gasteiger charge is 2.33. The molecule has 3 aromatic rings. The first-order valence-electron chi connectivity index (χ1n) is 12.8. The van der Waals surface area contributed by atoms with E-state index in [-0.39, 0.29) is 23.0 Å². The Bertz CT molecular complexity index is 1450. The Morgan fingerprint density at radius 2 is 1.62 bits per heavy atom. The van der Waals surface area contributed by atoms with Gasteiger partial charge in [0.15, 0.2) is 0 Å². The zero-order valence-corrected chi connectivity index (χ0v) is 25.6. The van der Waals surface area contributed by atoms with Crippen LogP contribution in [0.15, 0.2) is 71.6 Å². The summed E-state index contributed by atoms with van der Waals surface area (Å²) in [6.45, 7) is 5.21. The maximum absolute atomic E-state index is 14.0. The molecule has 11 heteroatoms. The Labute approximate surface area is 251 Å². The van der Waals surface area contributed by atoms with Crippen molar-refractivity contribution in [3.8, 4) is 0 Å². The van der Waals surface area contributed by atoms with E-state index in [0.717, 1.165) is 17.1 Å². The van der Waals surface area contributed by atoms with Gasteiger partial charge < -0.3 is 10.2 Å². The zero-order valence-electron chi connectivity index (χ0n) is 22.5. The van der Waals surface area contributed by atoms with E-state index in [9.17, 15) is 18.0 Å². The van der Waals surface area contributed by atoms with Crippen LogP contribution in [0.1, 0.15) is 37.8 Å². The number of carbonyl (C=O) groups is 2. The first-order chi connectivity index (χ1) is 19.0.